The molecule has 0 aliphatic heterocycles. The van der Waals surface area contributed by atoms with Crippen LogP contribution in [0.5, 0.6) is 0 Å². The molecule has 0 saturated heterocycles. The topological polar surface area (TPSA) is 234 Å². The summed E-state index contributed by atoms with van der Waals surface area (Å²) in [6.45, 7) is 22.0. The smallest absolute Gasteiger partial charge is 0.407 e. The molecule has 17 nitrogen and oxygen atoms in total. The zero-order chi connectivity index (χ0) is 55.7. The molecule has 0 aliphatic rings. The van der Waals surface area contributed by atoms with E-state index < -0.39 is 99.7 Å². The van der Waals surface area contributed by atoms with Gasteiger partial charge in [0.15, 0.2) is 5.78 Å². The largest absolute Gasteiger partial charge is 0.460 e. The van der Waals surface area contributed by atoms with Crippen molar-refractivity contribution < 1.29 is 61.7 Å². The Morgan fingerprint density at radius 2 is 1.12 bits per heavy atom. The SMILES string of the molecule is CC(C)(C)OC(=O)CC[C@H](CC(=O)[C@H](Cc1ccc(F)cc1)NC(=O)CCCCCNC(=O)OCc1ccccc1)C(=O)NCCCC[C@H](NC(=O)N[C@@H](CCC(=O)OC(C)(C)C)C(C)(C)C)C(=O)OC(C)(C)C. The van der Waals surface area contributed by atoms with Crippen molar-refractivity contribution in [3.63, 3.8) is 0 Å². The molecule has 0 aromatic heterocycles. The zero-order valence-electron chi connectivity index (χ0n) is 46.1. The van der Waals surface area contributed by atoms with Crippen LogP contribution in [-0.2, 0) is 60.7 Å². The lowest BCUT2D eigenvalue weighted by Gasteiger charge is -2.32. The fraction of sp³-hybridized carbons (Fsp3) is 0.643. The number of ether oxygens (including phenoxy) is 4. The van der Waals surface area contributed by atoms with Crippen LogP contribution in [0.15, 0.2) is 54.6 Å². The van der Waals surface area contributed by atoms with E-state index in [-0.39, 0.29) is 58.1 Å². The van der Waals surface area contributed by atoms with Crippen LogP contribution in [0.4, 0.5) is 14.0 Å². The Morgan fingerprint density at radius 3 is 1.70 bits per heavy atom. The number of carbonyl (C=O) groups excluding carboxylic acids is 8. The number of esters is 3. The van der Waals surface area contributed by atoms with Gasteiger partial charge in [-0.15, -0.1) is 0 Å². The molecule has 0 unspecified atom stereocenters. The van der Waals surface area contributed by atoms with E-state index in [4.69, 9.17) is 18.9 Å². The highest BCUT2D eigenvalue weighted by Gasteiger charge is 2.32. The molecule has 0 aliphatic carbocycles. The summed E-state index contributed by atoms with van der Waals surface area (Å²) < 4.78 is 35.7. The van der Waals surface area contributed by atoms with Crippen LogP contribution in [0.2, 0.25) is 0 Å². The first-order valence-electron chi connectivity index (χ1n) is 25.9. The molecule has 0 heterocycles. The van der Waals surface area contributed by atoms with Crippen molar-refractivity contribution in [1.29, 1.82) is 0 Å². The van der Waals surface area contributed by atoms with Crippen LogP contribution < -0.4 is 26.6 Å². The maximum atomic E-state index is 14.2. The van der Waals surface area contributed by atoms with Gasteiger partial charge >= 0.3 is 30.0 Å². The summed E-state index contributed by atoms with van der Waals surface area (Å²) in [5.74, 6) is -4.44. The van der Waals surface area contributed by atoms with Crippen LogP contribution in [0.25, 0.3) is 0 Å². The number of nitrogens with one attached hydrogen (secondary N) is 5. The van der Waals surface area contributed by atoms with Crippen molar-refractivity contribution in [1.82, 2.24) is 26.6 Å². The van der Waals surface area contributed by atoms with Gasteiger partial charge in [-0.2, -0.15) is 0 Å². The Balaban J connectivity index is 2.12. The van der Waals surface area contributed by atoms with E-state index in [1.54, 1.807) is 62.3 Å². The summed E-state index contributed by atoms with van der Waals surface area (Å²) in [6, 6.07) is 11.6. The number of carbonyl (C=O) groups is 8. The maximum absolute atomic E-state index is 14.2. The van der Waals surface area contributed by atoms with Gasteiger partial charge in [0.2, 0.25) is 11.8 Å². The molecule has 18 heteroatoms. The highest BCUT2D eigenvalue weighted by atomic mass is 19.1. The van der Waals surface area contributed by atoms with E-state index >= 15 is 0 Å². The number of halogens is 1. The second-order valence-corrected chi connectivity index (χ2v) is 22.8. The van der Waals surface area contributed by atoms with E-state index in [0.717, 1.165) is 5.56 Å². The highest BCUT2D eigenvalue weighted by Crippen LogP contribution is 2.24. The molecular formula is C56H86FN5O12. The molecule has 2 rings (SSSR count). The molecule has 0 spiro atoms. The maximum Gasteiger partial charge on any atom is 0.407 e. The van der Waals surface area contributed by atoms with Gasteiger partial charge in [0.05, 0.1) is 6.04 Å². The quantitative estimate of drug-likeness (QED) is 0.0292. The molecule has 2 aromatic rings. The highest BCUT2D eigenvalue weighted by molar-refractivity contribution is 5.93. The van der Waals surface area contributed by atoms with Crippen LogP contribution in [-0.4, -0.2) is 95.6 Å². The van der Waals surface area contributed by atoms with Crippen molar-refractivity contribution in [3.8, 4) is 0 Å². The molecule has 0 radical (unpaired) electrons. The summed E-state index contributed by atoms with van der Waals surface area (Å²) in [4.78, 5) is 106. The van der Waals surface area contributed by atoms with Crippen LogP contribution >= 0.6 is 0 Å². The predicted octanol–water partition coefficient (Wildman–Crippen LogP) is 8.87. The van der Waals surface area contributed by atoms with Gasteiger partial charge in [-0.05, 0) is 142 Å². The number of hydrogen-bond acceptors (Lipinski definition) is 12. The molecule has 5 N–H and O–H groups in total. The van der Waals surface area contributed by atoms with E-state index in [9.17, 15) is 42.7 Å². The zero-order valence-corrected chi connectivity index (χ0v) is 46.1. The number of rotatable bonds is 29. The lowest BCUT2D eigenvalue weighted by Crippen LogP contribution is -2.53. The molecule has 0 saturated carbocycles. The van der Waals surface area contributed by atoms with Crippen molar-refractivity contribution >= 4 is 47.6 Å². The Morgan fingerprint density at radius 1 is 0.554 bits per heavy atom. The average Bonchev–Trinajstić information content (AvgIpc) is 3.27. The minimum absolute atomic E-state index is 0.0219. The molecule has 0 fully saturated rings. The van der Waals surface area contributed by atoms with E-state index in [2.05, 4.69) is 26.6 Å². The third-order valence-electron chi connectivity index (χ3n) is 11.2. The molecule has 414 valence electrons. The molecular weight excluding hydrogens is 954 g/mol. The Hall–Kier alpha value is -6.07. The van der Waals surface area contributed by atoms with Gasteiger partial charge in [0.1, 0.15) is 35.3 Å². The van der Waals surface area contributed by atoms with Crippen molar-refractivity contribution in [2.24, 2.45) is 11.3 Å². The number of alkyl carbamates (subject to hydrolysis) is 1. The van der Waals surface area contributed by atoms with Crippen molar-refractivity contribution in [3.05, 3.63) is 71.5 Å². The van der Waals surface area contributed by atoms with Gasteiger partial charge in [0.25, 0.3) is 0 Å². The summed E-state index contributed by atoms with van der Waals surface area (Å²) in [7, 11) is 0. The second-order valence-electron chi connectivity index (χ2n) is 22.8. The van der Waals surface area contributed by atoms with Crippen LogP contribution in [0.3, 0.4) is 0 Å². The number of Topliss-reactive ketones (excluding diaryl/α,β-unsaturated/α-hetero) is 1. The number of urea groups is 1. The summed E-state index contributed by atoms with van der Waals surface area (Å²) >= 11 is 0. The third-order valence-corrected chi connectivity index (χ3v) is 11.2. The van der Waals surface area contributed by atoms with Crippen LogP contribution in [0, 0.1) is 17.2 Å². The first-order valence-corrected chi connectivity index (χ1v) is 25.9. The first-order chi connectivity index (χ1) is 34.4. The molecule has 74 heavy (non-hydrogen) atoms. The second kappa shape index (κ2) is 31.0. The molecule has 4 atom stereocenters. The lowest BCUT2D eigenvalue weighted by molar-refractivity contribution is -0.158. The average molecular weight is 1040 g/mol. The fourth-order valence-electron chi connectivity index (χ4n) is 7.50. The number of ketones is 1. The van der Waals surface area contributed by atoms with E-state index in [1.165, 1.54) is 24.3 Å². The van der Waals surface area contributed by atoms with Gasteiger partial charge in [-0.25, -0.2) is 18.8 Å². The Labute approximate surface area is 438 Å². The number of hydrogen-bond donors (Lipinski definition) is 5. The monoisotopic (exact) mass is 1040 g/mol. The normalized spacial score (nSPS) is 13.5. The van der Waals surface area contributed by atoms with Crippen molar-refractivity contribution in [2.75, 3.05) is 13.1 Å². The van der Waals surface area contributed by atoms with Crippen molar-refractivity contribution in [2.45, 2.75) is 208 Å². The summed E-state index contributed by atoms with van der Waals surface area (Å²) in [6.07, 6.45) is 1.90. The van der Waals surface area contributed by atoms with Gasteiger partial charge in [-0.1, -0.05) is 69.7 Å². The Kier molecular flexibility index (Phi) is 26.8. The van der Waals surface area contributed by atoms with E-state index in [1.807, 2.05) is 51.1 Å². The fourth-order valence-corrected chi connectivity index (χ4v) is 7.50. The molecule has 2 aromatic carbocycles. The minimum atomic E-state index is -1.08. The van der Waals surface area contributed by atoms with E-state index in [0.29, 0.717) is 50.6 Å². The predicted molar refractivity (Wildman–Crippen MR) is 280 cm³/mol. The number of benzene rings is 2. The molecule has 5 amide bonds. The number of amides is 5. The van der Waals surface area contributed by atoms with Crippen LogP contribution in [0.1, 0.15) is 171 Å². The summed E-state index contributed by atoms with van der Waals surface area (Å²) in [5.41, 5.74) is -1.31. The lowest BCUT2D eigenvalue weighted by atomic mass is 9.84. The summed E-state index contributed by atoms with van der Waals surface area (Å²) in [5, 5.41) is 14.1. The third kappa shape index (κ3) is 29.6. The molecule has 0 bridgehead atoms. The number of unbranched alkanes of at least 4 members (excludes halogenated alkanes) is 3. The first kappa shape index (κ1) is 64.0. The van der Waals surface area contributed by atoms with Gasteiger partial charge in [-0.3, -0.25) is 24.0 Å². The van der Waals surface area contributed by atoms with Gasteiger partial charge < -0.3 is 45.5 Å². The minimum Gasteiger partial charge on any atom is -0.460 e. The Bertz CT molecular complexity index is 2110. The van der Waals surface area contributed by atoms with Gasteiger partial charge in [0, 0.05) is 50.7 Å². The standard InChI is InChI=1S/C56H86FN5O12/c1-53(2,3)45(30-32-48(66)73-55(7,8)9)62-51(69)61-42(50(68)74-56(10,11)12)23-18-20-33-58-49(67)40(27-31-47(65)72-54(4,5)6)36-44(63)43(35-38-25-28-41(57)29-26-38)60-46(64)24-17-14-19-34-59-52(70)71-37-39-21-15-13-16-22-39/h13,15-16,21-22,25-26,28-29,40,42-43,45H,14,17-20,23-24,27,30-37H2,1-12H3,(H,58,67)(H,59,70)(H,60,64)(H2,61,62,69)/t40-,42+,43+,45+/m1/s1.